The van der Waals surface area contributed by atoms with Gasteiger partial charge in [0.05, 0.1) is 0 Å². The summed E-state index contributed by atoms with van der Waals surface area (Å²) in [5, 5.41) is 3.25. The Bertz CT molecular complexity index is 546. The number of sulfonamides is 1. The molecule has 0 atom stereocenters. The van der Waals surface area contributed by atoms with Crippen LogP contribution in [0.25, 0.3) is 0 Å². The van der Waals surface area contributed by atoms with Crippen molar-refractivity contribution < 1.29 is 8.42 Å². The fraction of sp³-hybridized carbons (Fsp3) is 0.733. The Morgan fingerprint density at radius 3 is 2.67 bits per heavy atom. The summed E-state index contributed by atoms with van der Waals surface area (Å²) in [5.41, 5.74) is 1.05. The molecular weight excluding hydrogens is 304 g/mol. The zero-order chi connectivity index (χ0) is 15.3. The molecule has 0 amide bonds. The first-order valence-electron chi connectivity index (χ1n) is 7.82. The smallest absolute Gasteiger partial charge is 0.250 e. The number of rotatable bonds is 7. The lowest BCUT2D eigenvalue weighted by Crippen LogP contribution is -2.29. The monoisotopic (exact) mass is 330 g/mol. The molecule has 21 heavy (non-hydrogen) atoms. The van der Waals surface area contributed by atoms with Crippen LogP contribution in [0.1, 0.15) is 49.5 Å². The van der Waals surface area contributed by atoms with Gasteiger partial charge in [0.15, 0.2) is 0 Å². The second kappa shape index (κ2) is 7.72. The molecule has 1 fully saturated rings. The van der Waals surface area contributed by atoms with E-state index in [1.54, 1.807) is 6.07 Å². The van der Waals surface area contributed by atoms with E-state index in [9.17, 15) is 8.42 Å². The van der Waals surface area contributed by atoms with Gasteiger partial charge < -0.3 is 5.32 Å². The van der Waals surface area contributed by atoms with E-state index in [1.807, 2.05) is 13.8 Å². The highest BCUT2D eigenvalue weighted by atomic mass is 32.2. The predicted molar refractivity (Wildman–Crippen MR) is 88.2 cm³/mol. The molecule has 1 heterocycles. The summed E-state index contributed by atoms with van der Waals surface area (Å²) in [4.78, 5) is 1.11. The molecule has 0 unspecified atom stereocenters. The molecule has 1 saturated carbocycles. The minimum Gasteiger partial charge on any atom is -0.312 e. The SMILES string of the molecule is CCNCc1sc(S(=O)(=O)NCC2CCCCC2)cc1C. The largest absolute Gasteiger partial charge is 0.312 e. The van der Waals surface area contributed by atoms with Gasteiger partial charge in [-0.05, 0) is 43.9 Å². The first kappa shape index (κ1) is 16.9. The molecule has 0 saturated heterocycles. The number of aryl methyl sites for hydroxylation is 1. The maximum absolute atomic E-state index is 12.4. The average molecular weight is 331 g/mol. The maximum atomic E-state index is 12.4. The second-order valence-corrected chi connectivity index (χ2v) is 8.94. The van der Waals surface area contributed by atoms with Crippen LogP contribution in [-0.4, -0.2) is 21.5 Å². The molecule has 1 aliphatic rings. The van der Waals surface area contributed by atoms with Gasteiger partial charge >= 0.3 is 0 Å². The van der Waals surface area contributed by atoms with E-state index in [1.165, 1.54) is 30.6 Å². The van der Waals surface area contributed by atoms with Crippen LogP contribution in [-0.2, 0) is 16.6 Å². The topological polar surface area (TPSA) is 58.2 Å². The summed E-state index contributed by atoms with van der Waals surface area (Å²) >= 11 is 1.38. The normalized spacial score (nSPS) is 17.2. The summed E-state index contributed by atoms with van der Waals surface area (Å²) in [6, 6.07) is 1.79. The molecular formula is C15H26N2O2S2. The van der Waals surface area contributed by atoms with Crippen molar-refractivity contribution in [1.82, 2.24) is 10.0 Å². The lowest BCUT2D eigenvalue weighted by Gasteiger charge is -2.21. The second-order valence-electron chi connectivity index (χ2n) is 5.81. The summed E-state index contributed by atoms with van der Waals surface area (Å²) in [5.74, 6) is 0.510. The average Bonchev–Trinajstić information content (AvgIpc) is 2.86. The Hall–Kier alpha value is -0.430. The highest BCUT2D eigenvalue weighted by Crippen LogP contribution is 2.27. The lowest BCUT2D eigenvalue weighted by molar-refractivity contribution is 0.357. The van der Waals surface area contributed by atoms with Crippen LogP contribution in [0, 0.1) is 12.8 Å². The maximum Gasteiger partial charge on any atom is 0.250 e. The van der Waals surface area contributed by atoms with E-state index >= 15 is 0 Å². The Kier molecular flexibility index (Phi) is 6.22. The Morgan fingerprint density at radius 1 is 1.29 bits per heavy atom. The van der Waals surface area contributed by atoms with Gasteiger partial charge in [-0.2, -0.15) is 0 Å². The van der Waals surface area contributed by atoms with Gasteiger partial charge in [0, 0.05) is 18.0 Å². The molecule has 0 spiro atoms. The third-order valence-corrected chi connectivity index (χ3v) is 7.22. The molecule has 0 aromatic carbocycles. The molecule has 120 valence electrons. The third-order valence-electron chi connectivity index (χ3n) is 4.09. The van der Waals surface area contributed by atoms with Crippen LogP contribution in [0.4, 0.5) is 0 Å². The highest BCUT2D eigenvalue weighted by Gasteiger charge is 2.21. The van der Waals surface area contributed by atoms with E-state index in [0.717, 1.165) is 36.4 Å². The third kappa shape index (κ3) is 4.77. The summed E-state index contributed by atoms with van der Waals surface area (Å²) < 4.78 is 28.0. The fourth-order valence-corrected chi connectivity index (χ4v) is 5.44. The lowest BCUT2D eigenvalue weighted by atomic mass is 9.90. The predicted octanol–water partition coefficient (Wildman–Crippen LogP) is 3.02. The zero-order valence-electron chi connectivity index (χ0n) is 12.9. The fourth-order valence-electron chi connectivity index (χ4n) is 2.73. The van der Waals surface area contributed by atoms with E-state index in [-0.39, 0.29) is 0 Å². The zero-order valence-corrected chi connectivity index (χ0v) is 14.6. The highest BCUT2D eigenvalue weighted by molar-refractivity contribution is 7.91. The standard InChI is InChI=1S/C15H26N2O2S2/c1-3-16-11-14-12(2)9-15(20-14)21(18,19)17-10-13-7-5-4-6-8-13/h9,13,16-17H,3-8,10-11H2,1-2H3. The molecule has 2 N–H and O–H groups in total. The van der Waals surface area contributed by atoms with Crippen LogP contribution in [0.5, 0.6) is 0 Å². The van der Waals surface area contributed by atoms with Gasteiger partial charge in [0.2, 0.25) is 10.0 Å². The van der Waals surface area contributed by atoms with Crippen molar-refractivity contribution in [3.63, 3.8) is 0 Å². The Balaban J connectivity index is 1.98. The van der Waals surface area contributed by atoms with Gasteiger partial charge in [-0.15, -0.1) is 11.3 Å². The Labute approximate surface area is 132 Å². The van der Waals surface area contributed by atoms with Gasteiger partial charge in [-0.1, -0.05) is 26.2 Å². The van der Waals surface area contributed by atoms with Gasteiger partial charge in [-0.25, -0.2) is 13.1 Å². The van der Waals surface area contributed by atoms with E-state index < -0.39 is 10.0 Å². The Morgan fingerprint density at radius 2 is 2.00 bits per heavy atom. The summed E-state index contributed by atoms with van der Waals surface area (Å²) in [6.45, 7) is 6.24. The molecule has 6 heteroatoms. The van der Waals surface area contributed by atoms with E-state index in [0.29, 0.717) is 16.7 Å². The summed E-state index contributed by atoms with van der Waals surface area (Å²) in [6.07, 6.45) is 6.06. The number of thiophene rings is 1. The minimum atomic E-state index is -3.35. The van der Waals surface area contributed by atoms with Crippen LogP contribution in [0.3, 0.4) is 0 Å². The van der Waals surface area contributed by atoms with Crippen LogP contribution in [0.15, 0.2) is 10.3 Å². The van der Waals surface area contributed by atoms with Gasteiger partial charge in [-0.3, -0.25) is 0 Å². The molecule has 1 aromatic heterocycles. The van der Waals surface area contributed by atoms with Crippen molar-refractivity contribution in [3.8, 4) is 0 Å². The number of hydrogen-bond donors (Lipinski definition) is 2. The molecule has 1 aliphatic carbocycles. The quantitative estimate of drug-likeness (QED) is 0.808. The molecule has 0 radical (unpaired) electrons. The molecule has 1 aromatic rings. The molecule has 2 rings (SSSR count). The van der Waals surface area contributed by atoms with Crippen molar-refractivity contribution >= 4 is 21.4 Å². The minimum absolute atomic E-state index is 0.448. The first-order valence-corrected chi connectivity index (χ1v) is 10.1. The van der Waals surface area contributed by atoms with Crippen LogP contribution >= 0.6 is 11.3 Å². The van der Waals surface area contributed by atoms with Crippen molar-refractivity contribution in [1.29, 1.82) is 0 Å². The van der Waals surface area contributed by atoms with Crippen molar-refractivity contribution in [2.24, 2.45) is 5.92 Å². The first-order chi connectivity index (χ1) is 10.0. The van der Waals surface area contributed by atoms with Crippen LogP contribution < -0.4 is 10.0 Å². The molecule has 0 aliphatic heterocycles. The molecule has 4 nitrogen and oxygen atoms in total. The van der Waals surface area contributed by atoms with Crippen LogP contribution in [0.2, 0.25) is 0 Å². The van der Waals surface area contributed by atoms with Crippen molar-refractivity contribution in [2.45, 2.75) is 56.7 Å². The number of hydrogen-bond acceptors (Lipinski definition) is 4. The van der Waals surface area contributed by atoms with E-state index in [4.69, 9.17) is 0 Å². The van der Waals surface area contributed by atoms with Gasteiger partial charge in [0.1, 0.15) is 4.21 Å². The van der Waals surface area contributed by atoms with E-state index in [2.05, 4.69) is 10.0 Å². The van der Waals surface area contributed by atoms with Crippen molar-refractivity contribution in [3.05, 3.63) is 16.5 Å². The summed E-state index contributed by atoms with van der Waals surface area (Å²) in [7, 11) is -3.35. The van der Waals surface area contributed by atoms with Gasteiger partial charge in [0.25, 0.3) is 0 Å². The molecule has 0 bridgehead atoms. The van der Waals surface area contributed by atoms with Crippen molar-refractivity contribution in [2.75, 3.05) is 13.1 Å². The number of nitrogens with one attached hydrogen (secondary N) is 2.